The highest BCUT2D eigenvalue weighted by molar-refractivity contribution is 6.08. The molecule has 0 radical (unpaired) electrons. The molecule has 18 heavy (non-hydrogen) atoms. The third-order valence-corrected chi connectivity index (χ3v) is 2.27. The summed E-state index contributed by atoms with van der Waals surface area (Å²) >= 11 is 0. The molecule has 0 aliphatic rings. The van der Waals surface area contributed by atoms with Crippen LogP contribution in [-0.4, -0.2) is 21.1 Å². The smallest absolute Gasteiger partial charge is 0.263 e. The molecule has 0 aliphatic carbocycles. The lowest BCUT2D eigenvalue weighted by Crippen LogP contribution is -2.13. The van der Waals surface area contributed by atoms with Gasteiger partial charge in [-0.1, -0.05) is 6.07 Å². The number of phenols is 2. The first-order valence-corrected chi connectivity index (χ1v) is 5.01. The van der Waals surface area contributed by atoms with Gasteiger partial charge >= 0.3 is 0 Å². The number of benzene rings is 1. The van der Waals surface area contributed by atoms with Crippen molar-refractivity contribution >= 4 is 11.6 Å². The number of hydrogen-bond donors (Lipinski definition) is 3. The number of aromatic nitrogens is 1. The number of anilines is 1. The Labute approximate surface area is 102 Å². The lowest BCUT2D eigenvalue weighted by molar-refractivity contribution is 0.102. The molecule has 0 saturated heterocycles. The van der Waals surface area contributed by atoms with Crippen LogP contribution >= 0.6 is 0 Å². The molecule has 3 N–H and O–H groups in total. The Morgan fingerprint density at radius 2 is 1.89 bits per heavy atom. The number of phenolic OH excluding ortho intramolecular Hbond substituents is 2. The summed E-state index contributed by atoms with van der Waals surface area (Å²) in [5.41, 5.74) is -0.397. The van der Waals surface area contributed by atoms with Crippen molar-refractivity contribution in [3.63, 3.8) is 0 Å². The van der Waals surface area contributed by atoms with Gasteiger partial charge in [-0.3, -0.25) is 9.78 Å². The summed E-state index contributed by atoms with van der Waals surface area (Å²) in [5, 5.41) is 21.2. The molecule has 1 heterocycles. The molecule has 0 fully saturated rings. The van der Waals surface area contributed by atoms with E-state index in [4.69, 9.17) is 0 Å². The first kappa shape index (κ1) is 11.8. The van der Waals surface area contributed by atoms with Crippen LogP contribution in [-0.2, 0) is 0 Å². The van der Waals surface area contributed by atoms with E-state index in [1.54, 1.807) is 0 Å². The number of carbonyl (C=O) groups is 1. The second kappa shape index (κ2) is 4.70. The Hall–Kier alpha value is -2.63. The molecular weight excluding hydrogens is 239 g/mol. The highest BCUT2D eigenvalue weighted by Gasteiger charge is 2.17. The van der Waals surface area contributed by atoms with Crippen LogP contribution in [0.4, 0.5) is 10.1 Å². The topological polar surface area (TPSA) is 82.5 Å². The molecule has 0 atom stereocenters. The van der Waals surface area contributed by atoms with Gasteiger partial charge in [0.15, 0.2) is 5.82 Å². The molecule has 2 rings (SSSR count). The van der Waals surface area contributed by atoms with Crippen molar-refractivity contribution < 1.29 is 19.4 Å². The van der Waals surface area contributed by atoms with Gasteiger partial charge in [-0.05, 0) is 18.2 Å². The lowest BCUT2D eigenvalue weighted by atomic mass is 10.1. The van der Waals surface area contributed by atoms with Crippen molar-refractivity contribution in [1.29, 1.82) is 0 Å². The summed E-state index contributed by atoms with van der Waals surface area (Å²) in [6.07, 6.45) is 2.25. The summed E-state index contributed by atoms with van der Waals surface area (Å²) in [7, 11) is 0. The Kier molecular flexibility index (Phi) is 3.09. The molecule has 6 heteroatoms. The Bertz CT molecular complexity index is 581. The van der Waals surface area contributed by atoms with E-state index in [0.29, 0.717) is 0 Å². The quantitative estimate of drug-likeness (QED) is 0.757. The van der Waals surface area contributed by atoms with Gasteiger partial charge in [0, 0.05) is 6.20 Å². The maximum absolute atomic E-state index is 13.3. The van der Waals surface area contributed by atoms with E-state index < -0.39 is 11.7 Å². The highest BCUT2D eigenvalue weighted by Crippen LogP contribution is 2.27. The van der Waals surface area contributed by atoms with Crippen LogP contribution in [0.1, 0.15) is 10.4 Å². The summed E-state index contributed by atoms with van der Waals surface area (Å²) in [5.74, 6) is -2.29. The fourth-order valence-corrected chi connectivity index (χ4v) is 1.42. The first-order valence-electron chi connectivity index (χ1n) is 5.01. The Balaban J connectivity index is 2.31. The van der Waals surface area contributed by atoms with Crippen LogP contribution in [0.5, 0.6) is 11.5 Å². The summed E-state index contributed by atoms with van der Waals surface area (Å²) in [6, 6.07) is 5.15. The zero-order valence-electron chi connectivity index (χ0n) is 9.09. The van der Waals surface area contributed by atoms with Gasteiger partial charge in [-0.15, -0.1) is 0 Å². The molecule has 2 aromatic rings. The standard InChI is InChI=1S/C12H9FN2O3/c13-7-6-14-5-4-8(7)15-12(18)11-9(16)2-1-3-10(11)17/h1-6,16-17H,(H,14,15,18). The van der Waals surface area contributed by atoms with E-state index in [0.717, 1.165) is 6.20 Å². The van der Waals surface area contributed by atoms with Crippen molar-refractivity contribution in [2.24, 2.45) is 0 Å². The number of amides is 1. The van der Waals surface area contributed by atoms with Crippen LogP contribution in [0.2, 0.25) is 0 Å². The van der Waals surface area contributed by atoms with Crippen LogP contribution in [0.25, 0.3) is 0 Å². The molecule has 1 amide bonds. The fourth-order valence-electron chi connectivity index (χ4n) is 1.42. The van der Waals surface area contributed by atoms with E-state index in [2.05, 4.69) is 10.3 Å². The second-order valence-electron chi connectivity index (χ2n) is 3.48. The van der Waals surface area contributed by atoms with E-state index in [9.17, 15) is 19.4 Å². The third kappa shape index (κ3) is 2.22. The molecule has 1 aromatic carbocycles. The average molecular weight is 248 g/mol. The van der Waals surface area contributed by atoms with Gasteiger partial charge in [0.25, 0.3) is 5.91 Å². The minimum absolute atomic E-state index is 0.0855. The molecule has 92 valence electrons. The van der Waals surface area contributed by atoms with Gasteiger partial charge in [0.1, 0.15) is 17.1 Å². The van der Waals surface area contributed by atoms with Crippen molar-refractivity contribution in [2.75, 3.05) is 5.32 Å². The fraction of sp³-hybridized carbons (Fsp3) is 0. The molecule has 0 spiro atoms. The summed E-state index contributed by atoms with van der Waals surface area (Å²) in [6.45, 7) is 0. The minimum atomic E-state index is -0.810. The van der Waals surface area contributed by atoms with E-state index >= 15 is 0 Å². The monoisotopic (exact) mass is 248 g/mol. The summed E-state index contributed by atoms with van der Waals surface area (Å²) < 4.78 is 13.3. The SMILES string of the molecule is O=C(Nc1ccncc1F)c1c(O)cccc1O. The summed E-state index contributed by atoms with van der Waals surface area (Å²) in [4.78, 5) is 15.3. The normalized spacial score (nSPS) is 10.1. The van der Waals surface area contributed by atoms with E-state index in [-0.39, 0.29) is 22.7 Å². The van der Waals surface area contributed by atoms with Gasteiger partial charge in [-0.2, -0.15) is 0 Å². The van der Waals surface area contributed by atoms with Crippen molar-refractivity contribution in [3.05, 3.63) is 48.0 Å². The number of aromatic hydroxyl groups is 2. The Morgan fingerprint density at radius 3 is 2.50 bits per heavy atom. The minimum Gasteiger partial charge on any atom is -0.507 e. The van der Waals surface area contributed by atoms with Crippen LogP contribution < -0.4 is 5.32 Å². The van der Waals surface area contributed by atoms with Gasteiger partial charge in [-0.25, -0.2) is 4.39 Å². The number of carbonyl (C=O) groups excluding carboxylic acids is 1. The number of hydrogen-bond acceptors (Lipinski definition) is 4. The van der Waals surface area contributed by atoms with Crippen LogP contribution in [0, 0.1) is 5.82 Å². The molecule has 1 aromatic heterocycles. The zero-order chi connectivity index (χ0) is 13.1. The molecule has 0 unspecified atom stereocenters. The van der Waals surface area contributed by atoms with Gasteiger partial charge in [0.05, 0.1) is 11.9 Å². The lowest BCUT2D eigenvalue weighted by Gasteiger charge is -2.08. The van der Waals surface area contributed by atoms with Crippen molar-refractivity contribution in [1.82, 2.24) is 4.98 Å². The molecule has 0 aliphatic heterocycles. The third-order valence-electron chi connectivity index (χ3n) is 2.27. The maximum atomic E-state index is 13.3. The predicted octanol–water partition coefficient (Wildman–Crippen LogP) is 1.88. The molecule has 5 nitrogen and oxygen atoms in total. The zero-order valence-corrected chi connectivity index (χ0v) is 9.09. The molecule has 0 saturated carbocycles. The number of nitrogens with zero attached hydrogens (tertiary/aromatic N) is 1. The number of rotatable bonds is 2. The average Bonchev–Trinajstić information content (AvgIpc) is 2.32. The van der Waals surface area contributed by atoms with E-state index in [1.165, 1.54) is 30.5 Å². The second-order valence-corrected chi connectivity index (χ2v) is 3.48. The van der Waals surface area contributed by atoms with Crippen molar-refractivity contribution in [3.8, 4) is 11.5 Å². The van der Waals surface area contributed by atoms with Gasteiger partial charge < -0.3 is 15.5 Å². The van der Waals surface area contributed by atoms with Crippen molar-refractivity contribution in [2.45, 2.75) is 0 Å². The number of halogens is 1. The maximum Gasteiger partial charge on any atom is 0.263 e. The largest absolute Gasteiger partial charge is 0.507 e. The van der Waals surface area contributed by atoms with E-state index in [1.807, 2.05) is 0 Å². The number of pyridine rings is 1. The predicted molar refractivity (Wildman–Crippen MR) is 61.9 cm³/mol. The molecular formula is C12H9FN2O3. The molecule has 0 bridgehead atoms. The highest BCUT2D eigenvalue weighted by atomic mass is 19.1. The first-order chi connectivity index (χ1) is 8.59. The van der Waals surface area contributed by atoms with Crippen LogP contribution in [0.3, 0.4) is 0 Å². The van der Waals surface area contributed by atoms with Gasteiger partial charge in [0.2, 0.25) is 0 Å². The Morgan fingerprint density at radius 1 is 1.22 bits per heavy atom. The van der Waals surface area contributed by atoms with Crippen LogP contribution in [0.15, 0.2) is 36.7 Å². The number of nitrogens with one attached hydrogen (secondary N) is 1.